The smallest absolute Gasteiger partial charge is 0.307 e. The molecule has 4 nitrogen and oxygen atoms in total. The first-order chi connectivity index (χ1) is 10.1. The van der Waals surface area contributed by atoms with Crippen LogP contribution in [0.3, 0.4) is 0 Å². The van der Waals surface area contributed by atoms with Crippen LogP contribution in [0.15, 0.2) is 24.3 Å². The number of rotatable bonds is 3. The maximum Gasteiger partial charge on any atom is 0.307 e. The second kappa shape index (κ2) is 5.51. The van der Waals surface area contributed by atoms with Crippen molar-refractivity contribution in [3.63, 3.8) is 0 Å². The van der Waals surface area contributed by atoms with Crippen molar-refractivity contribution in [1.29, 1.82) is 0 Å². The highest BCUT2D eigenvalue weighted by molar-refractivity contribution is 5.86. The maximum atomic E-state index is 12.5. The van der Waals surface area contributed by atoms with Crippen LogP contribution in [-0.4, -0.2) is 35.0 Å². The Morgan fingerprint density at radius 3 is 2.48 bits per heavy atom. The van der Waals surface area contributed by atoms with Gasteiger partial charge in [0.25, 0.3) is 0 Å². The molecular weight excluding hydrogens is 266 g/mol. The van der Waals surface area contributed by atoms with Crippen molar-refractivity contribution in [2.75, 3.05) is 13.1 Å². The van der Waals surface area contributed by atoms with E-state index < -0.39 is 11.9 Å². The summed E-state index contributed by atoms with van der Waals surface area (Å²) in [7, 11) is 0. The fraction of sp³-hybridized carbons (Fsp3) is 0.529. The predicted molar refractivity (Wildman–Crippen MR) is 79.0 cm³/mol. The van der Waals surface area contributed by atoms with Gasteiger partial charge in [-0.25, -0.2) is 0 Å². The van der Waals surface area contributed by atoms with Crippen molar-refractivity contribution in [2.45, 2.75) is 32.1 Å². The summed E-state index contributed by atoms with van der Waals surface area (Å²) in [5.41, 5.74) is 2.58. The highest BCUT2D eigenvalue weighted by Gasteiger charge is 2.44. The molecule has 1 heterocycles. The molecule has 1 aromatic carbocycles. The van der Waals surface area contributed by atoms with Crippen molar-refractivity contribution in [3.8, 4) is 0 Å². The third-order valence-electron chi connectivity index (χ3n) is 5.04. The van der Waals surface area contributed by atoms with Crippen molar-refractivity contribution < 1.29 is 14.7 Å². The van der Waals surface area contributed by atoms with Gasteiger partial charge in [-0.1, -0.05) is 24.3 Å². The molecule has 3 atom stereocenters. The molecule has 1 saturated heterocycles. The van der Waals surface area contributed by atoms with E-state index >= 15 is 0 Å². The number of likely N-dealkylation sites (tertiary alicyclic amines) is 1. The SMILES string of the molecule is Cc1ccccc1C1CCN(C(=O)C2CCC2C(=O)O)C1. The minimum absolute atomic E-state index is 0.0461. The Labute approximate surface area is 124 Å². The number of nitrogens with zero attached hydrogens (tertiary/aromatic N) is 1. The third-order valence-corrected chi connectivity index (χ3v) is 5.04. The van der Waals surface area contributed by atoms with Crippen molar-refractivity contribution in [1.82, 2.24) is 4.90 Å². The first-order valence-electron chi connectivity index (χ1n) is 7.65. The minimum Gasteiger partial charge on any atom is -0.481 e. The zero-order valence-electron chi connectivity index (χ0n) is 12.3. The number of carboxylic acids is 1. The summed E-state index contributed by atoms with van der Waals surface area (Å²) >= 11 is 0. The van der Waals surface area contributed by atoms with E-state index in [1.165, 1.54) is 11.1 Å². The van der Waals surface area contributed by atoms with Crippen LogP contribution in [0, 0.1) is 18.8 Å². The Bertz CT molecular complexity index is 569. The summed E-state index contributed by atoms with van der Waals surface area (Å²) in [5, 5.41) is 9.09. The average Bonchev–Trinajstić information content (AvgIpc) is 2.86. The van der Waals surface area contributed by atoms with Crippen molar-refractivity contribution in [2.24, 2.45) is 11.8 Å². The fourth-order valence-corrected chi connectivity index (χ4v) is 3.58. The Hall–Kier alpha value is -1.84. The highest BCUT2D eigenvalue weighted by Crippen LogP contribution is 2.38. The summed E-state index contributed by atoms with van der Waals surface area (Å²) in [4.78, 5) is 25.4. The molecule has 2 fully saturated rings. The van der Waals surface area contributed by atoms with Crippen LogP contribution >= 0.6 is 0 Å². The molecule has 112 valence electrons. The lowest BCUT2D eigenvalue weighted by molar-refractivity contribution is -0.156. The highest BCUT2D eigenvalue weighted by atomic mass is 16.4. The summed E-state index contributed by atoms with van der Waals surface area (Å²) in [6, 6.07) is 8.31. The molecule has 1 aliphatic carbocycles. The van der Waals surface area contributed by atoms with Gasteiger partial charge >= 0.3 is 5.97 Å². The van der Waals surface area contributed by atoms with E-state index in [0.717, 1.165) is 25.9 Å². The molecule has 0 radical (unpaired) electrons. The van der Waals surface area contributed by atoms with Crippen LogP contribution in [0.25, 0.3) is 0 Å². The van der Waals surface area contributed by atoms with Gasteiger partial charge in [-0.3, -0.25) is 9.59 Å². The zero-order valence-corrected chi connectivity index (χ0v) is 12.3. The molecule has 0 aromatic heterocycles. The molecule has 1 N–H and O–H groups in total. The number of aryl methyl sites for hydroxylation is 1. The van der Waals surface area contributed by atoms with Gasteiger partial charge in [0.1, 0.15) is 0 Å². The topological polar surface area (TPSA) is 57.6 Å². The fourth-order valence-electron chi connectivity index (χ4n) is 3.58. The van der Waals surface area contributed by atoms with Gasteiger partial charge in [-0.2, -0.15) is 0 Å². The van der Waals surface area contributed by atoms with Gasteiger partial charge in [-0.05, 0) is 37.3 Å². The Kier molecular flexibility index (Phi) is 3.70. The quantitative estimate of drug-likeness (QED) is 0.929. The van der Waals surface area contributed by atoms with E-state index in [2.05, 4.69) is 19.1 Å². The van der Waals surface area contributed by atoms with Crippen LogP contribution < -0.4 is 0 Å². The van der Waals surface area contributed by atoms with E-state index in [1.807, 2.05) is 17.0 Å². The number of carbonyl (C=O) groups is 2. The van der Waals surface area contributed by atoms with Crippen molar-refractivity contribution in [3.05, 3.63) is 35.4 Å². The molecule has 0 spiro atoms. The lowest BCUT2D eigenvalue weighted by Crippen LogP contribution is -2.45. The van der Waals surface area contributed by atoms with Gasteiger partial charge in [0.15, 0.2) is 0 Å². The normalized spacial score (nSPS) is 28.2. The summed E-state index contributed by atoms with van der Waals surface area (Å²) in [6.45, 7) is 3.58. The lowest BCUT2D eigenvalue weighted by atomic mass is 9.73. The molecule has 1 saturated carbocycles. The molecule has 4 heteroatoms. The third kappa shape index (κ3) is 2.55. The molecule has 1 amide bonds. The van der Waals surface area contributed by atoms with E-state index in [0.29, 0.717) is 12.3 Å². The van der Waals surface area contributed by atoms with E-state index in [-0.39, 0.29) is 11.8 Å². The van der Waals surface area contributed by atoms with Crippen molar-refractivity contribution >= 4 is 11.9 Å². The maximum absolute atomic E-state index is 12.5. The monoisotopic (exact) mass is 287 g/mol. The summed E-state index contributed by atoms with van der Waals surface area (Å²) in [5.74, 6) is -1.15. The van der Waals surface area contributed by atoms with Gasteiger partial charge in [0, 0.05) is 19.0 Å². The summed E-state index contributed by atoms with van der Waals surface area (Å²) < 4.78 is 0. The molecule has 21 heavy (non-hydrogen) atoms. The number of aliphatic carboxylic acids is 1. The van der Waals surface area contributed by atoms with Crippen LogP contribution in [0.1, 0.15) is 36.3 Å². The average molecular weight is 287 g/mol. The minimum atomic E-state index is -0.825. The van der Waals surface area contributed by atoms with Crippen LogP contribution in [0.4, 0.5) is 0 Å². The number of carbonyl (C=O) groups excluding carboxylic acids is 1. The molecule has 1 aromatic rings. The lowest BCUT2D eigenvalue weighted by Gasteiger charge is -2.35. The zero-order chi connectivity index (χ0) is 15.0. The predicted octanol–water partition coefficient (Wildman–Crippen LogP) is 2.42. The molecule has 0 bridgehead atoms. The second-order valence-electron chi connectivity index (χ2n) is 6.26. The van der Waals surface area contributed by atoms with Crippen LogP contribution in [-0.2, 0) is 9.59 Å². The Balaban J connectivity index is 1.66. The van der Waals surface area contributed by atoms with E-state index in [1.54, 1.807) is 0 Å². The first kappa shape index (κ1) is 14.1. The second-order valence-corrected chi connectivity index (χ2v) is 6.26. The van der Waals surface area contributed by atoms with Gasteiger partial charge in [0.05, 0.1) is 11.8 Å². The van der Waals surface area contributed by atoms with Crippen LogP contribution in [0.2, 0.25) is 0 Å². The van der Waals surface area contributed by atoms with E-state index in [4.69, 9.17) is 5.11 Å². The number of hydrogen-bond acceptors (Lipinski definition) is 2. The Morgan fingerprint density at radius 2 is 1.86 bits per heavy atom. The number of hydrogen-bond donors (Lipinski definition) is 1. The van der Waals surface area contributed by atoms with Gasteiger partial charge in [0.2, 0.25) is 5.91 Å². The molecule has 1 aliphatic heterocycles. The molecule has 3 unspecified atom stereocenters. The number of amides is 1. The Morgan fingerprint density at radius 1 is 1.14 bits per heavy atom. The summed E-state index contributed by atoms with van der Waals surface area (Å²) in [6.07, 6.45) is 2.34. The largest absolute Gasteiger partial charge is 0.481 e. The first-order valence-corrected chi connectivity index (χ1v) is 7.65. The molecule has 2 aliphatic rings. The molecular formula is C17H21NO3. The van der Waals surface area contributed by atoms with Gasteiger partial charge in [-0.15, -0.1) is 0 Å². The van der Waals surface area contributed by atoms with E-state index in [9.17, 15) is 9.59 Å². The number of carboxylic acid groups (broad SMARTS) is 1. The number of benzene rings is 1. The standard InChI is InChI=1S/C17H21NO3/c1-11-4-2-3-5-13(11)12-8-9-18(10-12)16(19)14-6-7-15(14)17(20)21/h2-5,12,14-15H,6-10H2,1H3,(H,20,21). The van der Waals surface area contributed by atoms with Crippen LogP contribution in [0.5, 0.6) is 0 Å². The molecule has 3 rings (SSSR count). The van der Waals surface area contributed by atoms with Gasteiger partial charge < -0.3 is 10.0 Å².